The van der Waals surface area contributed by atoms with Gasteiger partial charge in [-0.2, -0.15) is 0 Å². The van der Waals surface area contributed by atoms with Crippen molar-refractivity contribution in [1.29, 1.82) is 0 Å². The lowest BCUT2D eigenvalue weighted by atomic mass is 10.2. The van der Waals surface area contributed by atoms with Gasteiger partial charge in [0.25, 0.3) is 0 Å². The molecular formula is C13H22BrN3. The molecule has 0 aliphatic carbocycles. The van der Waals surface area contributed by atoms with Crippen molar-refractivity contribution in [3.63, 3.8) is 0 Å². The molecule has 0 saturated heterocycles. The largest absolute Gasteiger partial charge is 0.359 e. The first kappa shape index (κ1) is 14.5. The Morgan fingerprint density at radius 1 is 1.41 bits per heavy atom. The molecule has 1 heterocycles. The molecule has 96 valence electrons. The molecule has 0 amide bonds. The van der Waals surface area contributed by atoms with Gasteiger partial charge in [0.15, 0.2) is 0 Å². The van der Waals surface area contributed by atoms with Gasteiger partial charge < -0.3 is 10.2 Å². The highest BCUT2D eigenvalue weighted by Gasteiger charge is 2.08. The summed E-state index contributed by atoms with van der Waals surface area (Å²) >= 11 is 3.47. The number of anilines is 1. The van der Waals surface area contributed by atoms with E-state index in [0.29, 0.717) is 0 Å². The van der Waals surface area contributed by atoms with Crippen LogP contribution in [0.1, 0.15) is 31.7 Å². The summed E-state index contributed by atoms with van der Waals surface area (Å²) in [6.45, 7) is 4.14. The Morgan fingerprint density at radius 2 is 2.18 bits per heavy atom. The van der Waals surface area contributed by atoms with Gasteiger partial charge in [0.1, 0.15) is 5.82 Å². The molecule has 0 radical (unpaired) electrons. The Hall–Kier alpha value is -0.610. The van der Waals surface area contributed by atoms with Gasteiger partial charge in [-0.15, -0.1) is 0 Å². The van der Waals surface area contributed by atoms with Crippen LogP contribution >= 0.6 is 15.9 Å². The van der Waals surface area contributed by atoms with Crippen LogP contribution in [0.25, 0.3) is 0 Å². The summed E-state index contributed by atoms with van der Waals surface area (Å²) in [5, 5.41) is 3.19. The first-order valence-corrected chi connectivity index (χ1v) is 6.98. The second kappa shape index (κ2) is 7.67. The molecule has 1 aromatic rings. The predicted molar refractivity (Wildman–Crippen MR) is 77.5 cm³/mol. The van der Waals surface area contributed by atoms with E-state index in [-0.39, 0.29) is 0 Å². The number of rotatable bonds is 7. The average molecular weight is 300 g/mol. The summed E-state index contributed by atoms with van der Waals surface area (Å²) in [5.74, 6) is 1.08. The van der Waals surface area contributed by atoms with E-state index in [9.17, 15) is 0 Å². The third-order valence-corrected chi connectivity index (χ3v) is 3.17. The molecular weight excluding hydrogens is 278 g/mol. The molecule has 0 bridgehead atoms. The molecule has 1 rings (SSSR count). The summed E-state index contributed by atoms with van der Waals surface area (Å²) in [6, 6.07) is 2.13. The van der Waals surface area contributed by atoms with Crippen LogP contribution in [0.15, 0.2) is 16.7 Å². The highest BCUT2D eigenvalue weighted by Crippen LogP contribution is 2.21. The van der Waals surface area contributed by atoms with Gasteiger partial charge >= 0.3 is 0 Å². The molecule has 0 aliphatic heterocycles. The van der Waals surface area contributed by atoms with Crippen LogP contribution in [0.4, 0.5) is 5.82 Å². The van der Waals surface area contributed by atoms with Crippen molar-refractivity contribution in [1.82, 2.24) is 10.3 Å². The zero-order chi connectivity index (χ0) is 12.7. The maximum absolute atomic E-state index is 4.51. The summed E-state index contributed by atoms with van der Waals surface area (Å²) in [6.07, 6.45) is 5.63. The number of halogens is 1. The van der Waals surface area contributed by atoms with Gasteiger partial charge in [-0.25, -0.2) is 4.98 Å². The lowest BCUT2D eigenvalue weighted by Crippen LogP contribution is -2.22. The molecule has 17 heavy (non-hydrogen) atoms. The number of hydrogen-bond donors (Lipinski definition) is 1. The predicted octanol–water partition coefficient (Wildman–Crippen LogP) is 3.19. The fourth-order valence-corrected chi connectivity index (χ4v) is 2.22. The normalized spacial score (nSPS) is 10.6. The Kier molecular flexibility index (Phi) is 6.52. The summed E-state index contributed by atoms with van der Waals surface area (Å²) in [5.41, 5.74) is 1.24. The highest BCUT2D eigenvalue weighted by molar-refractivity contribution is 9.10. The topological polar surface area (TPSA) is 28.2 Å². The van der Waals surface area contributed by atoms with E-state index in [1.807, 2.05) is 13.2 Å². The molecule has 1 aromatic heterocycles. The maximum Gasteiger partial charge on any atom is 0.132 e. The van der Waals surface area contributed by atoms with Gasteiger partial charge in [-0.05, 0) is 35.5 Å². The Labute approximate surface area is 113 Å². The monoisotopic (exact) mass is 299 g/mol. The molecule has 0 unspecified atom stereocenters. The maximum atomic E-state index is 4.51. The number of nitrogens with zero attached hydrogens (tertiary/aromatic N) is 2. The second-order valence-electron chi connectivity index (χ2n) is 4.30. The SMILES string of the molecule is CCCCCN(C)c1ncc(Br)cc1CNC. The van der Waals surface area contributed by atoms with Crippen molar-refractivity contribution in [2.45, 2.75) is 32.7 Å². The van der Waals surface area contributed by atoms with Gasteiger partial charge in [0, 0.05) is 36.4 Å². The molecule has 0 atom stereocenters. The first-order chi connectivity index (χ1) is 8.19. The number of aromatic nitrogens is 1. The minimum atomic E-state index is 0.847. The fourth-order valence-electron chi connectivity index (χ4n) is 1.84. The van der Waals surface area contributed by atoms with Crippen molar-refractivity contribution >= 4 is 21.7 Å². The quantitative estimate of drug-likeness (QED) is 0.784. The van der Waals surface area contributed by atoms with Crippen molar-refractivity contribution < 1.29 is 0 Å². The van der Waals surface area contributed by atoms with E-state index < -0.39 is 0 Å². The van der Waals surface area contributed by atoms with E-state index in [0.717, 1.165) is 23.4 Å². The van der Waals surface area contributed by atoms with E-state index in [1.165, 1.54) is 24.8 Å². The van der Waals surface area contributed by atoms with Crippen molar-refractivity contribution in [3.8, 4) is 0 Å². The van der Waals surface area contributed by atoms with Crippen molar-refractivity contribution in [3.05, 3.63) is 22.3 Å². The van der Waals surface area contributed by atoms with Gasteiger partial charge in [-0.1, -0.05) is 19.8 Å². The standard InChI is InChI=1S/C13H22BrN3/c1-4-5-6-7-17(3)13-11(9-15-2)8-12(14)10-16-13/h8,10,15H,4-7,9H2,1-3H3. The van der Waals surface area contributed by atoms with Crippen LogP contribution in [0, 0.1) is 0 Å². The van der Waals surface area contributed by atoms with Gasteiger partial charge in [0.2, 0.25) is 0 Å². The Balaban J connectivity index is 2.73. The summed E-state index contributed by atoms with van der Waals surface area (Å²) in [4.78, 5) is 6.76. The molecule has 0 fully saturated rings. The van der Waals surface area contributed by atoms with Crippen LogP contribution < -0.4 is 10.2 Å². The smallest absolute Gasteiger partial charge is 0.132 e. The number of hydrogen-bond acceptors (Lipinski definition) is 3. The van der Waals surface area contributed by atoms with Crippen LogP contribution in [-0.4, -0.2) is 25.6 Å². The number of nitrogens with one attached hydrogen (secondary N) is 1. The molecule has 1 N–H and O–H groups in total. The zero-order valence-corrected chi connectivity index (χ0v) is 12.5. The molecule has 3 nitrogen and oxygen atoms in total. The second-order valence-corrected chi connectivity index (χ2v) is 5.21. The van der Waals surface area contributed by atoms with Crippen molar-refractivity contribution in [2.75, 3.05) is 25.5 Å². The Morgan fingerprint density at radius 3 is 2.82 bits per heavy atom. The third kappa shape index (κ3) is 4.64. The van der Waals surface area contributed by atoms with Crippen LogP contribution in [0.2, 0.25) is 0 Å². The minimum Gasteiger partial charge on any atom is -0.359 e. The average Bonchev–Trinajstić information content (AvgIpc) is 2.30. The van der Waals surface area contributed by atoms with Crippen LogP contribution in [0.5, 0.6) is 0 Å². The van der Waals surface area contributed by atoms with Crippen molar-refractivity contribution in [2.24, 2.45) is 0 Å². The molecule has 0 spiro atoms. The van der Waals surface area contributed by atoms with Crippen LogP contribution in [-0.2, 0) is 6.54 Å². The molecule has 0 saturated carbocycles. The van der Waals surface area contributed by atoms with E-state index >= 15 is 0 Å². The zero-order valence-electron chi connectivity index (χ0n) is 11.0. The molecule has 4 heteroatoms. The van der Waals surface area contributed by atoms with Gasteiger partial charge in [-0.3, -0.25) is 0 Å². The van der Waals surface area contributed by atoms with E-state index in [1.54, 1.807) is 0 Å². The number of pyridine rings is 1. The van der Waals surface area contributed by atoms with Gasteiger partial charge in [0.05, 0.1) is 0 Å². The molecule has 0 aromatic carbocycles. The van der Waals surface area contributed by atoms with E-state index in [2.05, 4.69) is 51.2 Å². The molecule has 0 aliphatic rings. The summed E-state index contributed by atoms with van der Waals surface area (Å²) in [7, 11) is 4.08. The van der Waals surface area contributed by atoms with E-state index in [4.69, 9.17) is 0 Å². The Bertz CT molecular complexity index is 341. The number of unbranched alkanes of at least 4 members (excludes halogenated alkanes) is 2. The highest BCUT2D eigenvalue weighted by atomic mass is 79.9. The fraction of sp³-hybridized carbons (Fsp3) is 0.615. The lowest BCUT2D eigenvalue weighted by molar-refractivity contribution is 0.696. The van der Waals surface area contributed by atoms with Crippen LogP contribution in [0.3, 0.4) is 0 Å². The lowest BCUT2D eigenvalue weighted by Gasteiger charge is -2.21. The first-order valence-electron chi connectivity index (χ1n) is 6.19. The minimum absolute atomic E-state index is 0.847. The summed E-state index contributed by atoms with van der Waals surface area (Å²) < 4.78 is 1.04. The third-order valence-electron chi connectivity index (χ3n) is 2.74.